The van der Waals surface area contributed by atoms with Gasteiger partial charge in [0.05, 0.1) is 12.2 Å². The van der Waals surface area contributed by atoms with Gasteiger partial charge in [-0.2, -0.15) is 5.10 Å². The van der Waals surface area contributed by atoms with Gasteiger partial charge in [0.1, 0.15) is 18.5 Å². The summed E-state index contributed by atoms with van der Waals surface area (Å²) in [7, 11) is 0. The topological polar surface area (TPSA) is 54.8 Å². The molecule has 0 spiro atoms. The SMILES string of the molecule is Fc1ccc(Nc2ccc(Br)c(NCCn3cncn3)c2)cc1. The number of hydrogen-bond donors (Lipinski definition) is 2. The molecule has 0 amide bonds. The zero-order valence-corrected chi connectivity index (χ0v) is 13.8. The Morgan fingerprint density at radius 3 is 2.61 bits per heavy atom. The third kappa shape index (κ3) is 4.29. The number of aromatic nitrogens is 3. The van der Waals surface area contributed by atoms with Crippen LogP contribution in [-0.4, -0.2) is 21.3 Å². The molecule has 5 nitrogen and oxygen atoms in total. The molecule has 0 aliphatic rings. The second kappa shape index (κ2) is 7.23. The summed E-state index contributed by atoms with van der Waals surface area (Å²) in [5.74, 6) is -0.248. The second-order valence-corrected chi connectivity index (χ2v) is 5.77. The van der Waals surface area contributed by atoms with E-state index in [4.69, 9.17) is 0 Å². The lowest BCUT2D eigenvalue weighted by Gasteiger charge is -2.12. The highest BCUT2D eigenvalue weighted by Gasteiger charge is 2.03. The average molecular weight is 376 g/mol. The van der Waals surface area contributed by atoms with Crippen molar-refractivity contribution in [2.75, 3.05) is 17.2 Å². The van der Waals surface area contributed by atoms with Crippen LogP contribution >= 0.6 is 15.9 Å². The first-order valence-electron chi connectivity index (χ1n) is 7.09. The molecule has 1 heterocycles. The molecular formula is C16H15BrFN5. The predicted molar refractivity (Wildman–Crippen MR) is 92.3 cm³/mol. The van der Waals surface area contributed by atoms with Crippen molar-refractivity contribution in [3.05, 3.63) is 65.4 Å². The normalized spacial score (nSPS) is 10.5. The number of benzene rings is 2. The predicted octanol–water partition coefficient (Wildman–Crippen LogP) is 4.04. The lowest BCUT2D eigenvalue weighted by atomic mass is 10.2. The molecule has 2 aromatic carbocycles. The molecule has 23 heavy (non-hydrogen) atoms. The Bertz CT molecular complexity index is 759. The zero-order chi connectivity index (χ0) is 16.1. The van der Waals surface area contributed by atoms with E-state index in [-0.39, 0.29) is 5.82 Å². The number of anilines is 3. The van der Waals surface area contributed by atoms with E-state index in [1.54, 1.807) is 23.1 Å². The molecule has 7 heteroatoms. The van der Waals surface area contributed by atoms with Crippen LogP contribution in [0.5, 0.6) is 0 Å². The lowest BCUT2D eigenvalue weighted by Crippen LogP contribution is -2.11. The molecule has 0 aliphatic heterocycles. The van der Waals surface area contributed by atoms with E-state index in [0.717, 1.165) is 34.6 Å². The molecule has 0 aliphatic carbocycles. The molecular weight excluding hydrogens is 361 g/mol. The van der Waals surface area contributed by atoms with Gasteiger partial charge in [0.2, 0.25) is 0 Å². The molecule has 0 unspecified atom stereocenters. The van der Waals surface area contributed by atoms with Gasteiger partial charge in [-0.25, -0.2) is 9.37 Å². The lowest BCUT2D eigenvalue weighted by molar-refractivity contribution is 0.628. The van der Waals surface area contributed by atoms with Gasteiger partial charge in [0.25, 0.3) is 0 Å². The molecule has 0 saturated carbocycles. The minimum Gasteiger partial charge on any atom is -0.382 e. The zero-order valence-electron chi connectivity index (χ0n) is 12.2. The largest absolute Gasteiger partial charge is 0.382 e. The molecule has 0 radical (unpaired) electrons. The quantitative estimate of drug-likeness (QED) is 0.682. The van der Waals surface area contributed by atoms with Crippen molar-refractivity contribution in [3.63, 3.8) is 0 Å². The molecule has 3 rings (SSSR count). The summed E-state index contributed by atoms with van der Waals surface area (Å²) >= 11 is 3.53. The maximum Gasteiger partial charge on any atom is 0.137 e. The number of halogens is 2. The second-order valence-electron chi connectivity index (χ2n) is 4.91. The fraction of sp³-hybridized carbons (Fsp3) is 0.125. The van der Waals surface area contributed by atoms with Crippen LogP contribution in [0.2, 0.25) is 0 Å². The van der Waals surface area contributed by atoms with E-state index in [1.807, 2.05) is 18.2 Å². The smallest absolute Gasteiger partial charge is 0.137 e. The van der Waals surface area contributed by atoms with Gasteiger partial charge in [-0.15, -0.1) is 0 Å². The monoisotopic (exact) mass is 375 g/mol. The Labute approximate surface area is 141 Å². The average Bonchev–Trinajstić information content (AvgIpc) is 3.06. The van der Waals surface area contributed by atoms with Crippen molar-refractivity contribution in [2.45, 2.75) is 6.54 Å². The molecule has 0 saturated heterocycles. The highest BCUT2D eigenvalue weighted by molar-refractivity contribution is 9.10. The van der Waals surface area contributed by atoms with E-state index in [0.29, 0.717) is 0 Å². The van der Waals surface area contributed by atoms with Crippen molar-refractivity contribution >= 4 is 33.0 Å². The fourth-order valence-electron chi connectivity index (χ4n) is 2.09. The Kier molecular flexibility index (Phi) is 4.87. The van der Waals surface area contributed by atoms with Gasteiger partial charge in [0, 0.05) is 22.4 Å². The van der Waals surface area contributed by atoms with Gasteiger partial charge >= 0.3 is 0 Å². The molecule has 118 valence electrons. The maximum atomic E-state index is 12.9. The van der Waals surface area contributed by atoms with E-state index < -0.39 is 0 Å². The fourth-order valence-corrected chi connectivity index (χ4v) is 2.48. The van der Waals surface area contributed by atoms with Crippen molar-refractivity contribution < 1.29 is 4.39 Å². The summed E-state index contributed by atoms with van der Waals surface area (Å²) < 4.78 is 15.7. The first kappa shape index (κ1) is 15.5. The Morgan fingerprint density at radius 1 is 1.09 bits per heavy atom. The van der Waals surface area contributed by atoms with Crippen molar-refractivity contribution in [3.8, 4) is 0 Å². The van der Waals surface area contributed by atoms with Crippen LogP contribution in [0, 0.1) is 5.82 Å². The van der Waals surface area contributed by atoms with Crippen LogP contribution in [-0.2, 0) is 6.54 Å². The first-order valence-corrected chi connectivity index (χ1v) is 7.88. The van der Waals surface area contributed by atoms with Gasteiger partial charge in [0.15, 0.2) is 0 Å². The number of rotatable bonds is 6. The third-order valence-corrected chi connectivity index (χ3v) is 3.91. The van der Waals surface area contributed by atoms with E-state index in [9.17, 15) is 4.39 Å². The van der Waals surface area contributed by atoms with Crippen molar-refractivity contribution in [2.24, 2.45) is 0 Å². The van der Waals surface area contributed by atoms with Crippen molar-refractivity contribution in [1.82, 2.24) is 14.8 Å². The number of nitrogens with zero attached hydrogens (tertiary/aromatic N) is 3. The Morgan fingerprint density at radius 2 is 1.87 bits per heavy atom. The van der Waals surface area contributed by atoms with E-state index in [2.05, 4.69) is 36.6 Å². The Hall–Kier alpha value is -2.41. The molecule has 1 aromatic heterocycles. The highest BCUT2D eigenvalue weighted by atomic mass is 79.9. The third-order valence-electron chi connectivity index (χ3n) is 3.22. The van der Waals surface area contributed by atoms with Crippen LogP contribution in [0.15, 0.2) is 59.6 Å². The summed E-state index contributed by atoms with van der Waals surface area (Å²) in [6.45, 7) is 1.45. The van der Waals surface area contributed by atoms with Crippen LogP contribution in [0.1, 0.15) is 0 Å². The van der Waals surface area contributed by atoms with Gasteiger partial charge in [-0.3, -0.25) is 4.68 Å². The Balaban J connectivity index is 1.64. The van der Waals surface area contributed by atoms with Crippen LogP contribution in [0.3, 0.4) is 0 Å². The molecule has 0 bridgehead atoms. The van der Waals surface area contributed by atoms with Crippen LogP contribution in [0.4, 0.5) is 21.5 Å². The standard InChI is InChI=1S/C16H15BrFN5/c17-15-6-5-14(22-13-3-1-12(18)2-4-13)9-16(15)20-7-8-23-11-19-10-21-23/h1-6,9-11,20,22H,7-8H2. The summed E-state index contributed by atoms with van der Waals surface area (Å²) in [5, 5.41) is 10.7. The van der Waals surface area contributed by atoms with Crippen LogP contribution in [0.25, 0.3) is 0 Å². The molecule has 3 aromatic rings. The van der Waals surface area contributed by atoms with Crippen molar-refractivity contribution in [1.29, 1.82) is 0 Å². The number of hydrogen-bond acceptors (Lipinski definition) is 4. The highest BCUT2D eigenvalue weighted by Crippen LogP contribution is 2.27. The van der Waals surface area contributed by atoms with Gasteiger partial charge in [-0.05, 0) is 58.4 Å². The summed E-state index contributed by atoms with van der Waals surface area (Å²) in [4.78, 5) is 3.91. The minimum absolute atomic E-state index is 0.248. The van der Waals surface area contributed by atoms with E-state index in [1.165, 1.54) is 18.5 Å². The molecule has 2 N–H and O–H groups in total. The summed E-state index contributed by atoms with van der Waals surface area (Å²) in [6.07, 6.45) is 3.20. The summed E-state index contributed by atoms with van der Waals surface area (Å²) in [6, 6.07) is 12.2. The van der Waals surface area contributed by atoms with Gasteiger partial charge in [-0.1, -0.05) is 0 Å². The van der Waals surface area contributed by atoms with Crippen LogP contribution < -0.4 is 10.6 Å². The number of nitrogens with one attached hydrogen (secondary N) is 2. The van der Waals surface area contributed by atoms with E-state index >= 15 is 0 Å². The first-order chi connectivity index (χ1) is 11.2. The van der Waals surface area contributed by atoms with Gasteiger partial charge < -0.3 is 10.6 Å². The molecule has 0 atom stereocenters. The minimum atomic E-state index is -0.248. The maximum absolute atomic E-state index is 12.9. The molecule has 0 fully saturated rings. The summed E-state index contributed by atoms with van der Waals surface area (Å²) in [5.41, 5.74) is 2.72.